The molecule has 1 aliphatic carbocycles. The van der Waals surface area contributed by atoms with E-state index in [1.54, 1.807) is 6.07 Å². The van der Waals surface area contributed by atoms with Gasteiger partial charge >= 0.3 is 0 Å². The Morgan fingerprint density at radius 1 is 1.43 bits per heavy atom. The van der Waals surface area contributed by atoms with Crippen molar-refractivity contribution in [1.82, 2.24) is 9.55 Å². The van der Waals surface area contributed by atoms with Crippen molar-refractivity contribution in [3.05, 3.63) is 28.8 Å². The number of nitrogens with zero attached hydrogens (tertiary/aromatic N) is 2. The molecular formula is C15H17Cl2FN2S. The molecule has 1 aliphatic rings. The molecule has 114 valence electrons. The van der Waals surface area contributed by atoms with Crippen LogP contribution in [0.3, 0.4) is 0 Å². The Kier molecular flexibility index (Phi) is 4.67. The average molecular weight is 347 g/mol. The Morgan fingerprint density at radius 2 is 2.24 bits per heavy atom. The van der Waals surface area contributed by atoms with E-state index in [2.05, 4.69) is 16.5 Å². The Morgan fingerprint density at radius 3 is 2.95 bits per heavy atom. The second-order valence-electron chi connectivity index (χ2n) is 5.33. The molecule has 1 fully saturated rings. The highest BCUT2D eigenvalue weighted by Crippen LogP contribution is 2.40. The standard InChI is InChI=1S/C15H17Cl2FN2S/c1-2-21-10-4-3-9(5-10)20-14-6-11(17)12(18)7-13(14)19-15(20)8-16/h6-7,9-10H,2-5,8H2,1H3. The summed E-state index contributed by atoms with van der Waals surface area (Å²) in [5, 5.41) is 0.832. The number of rotatable bonds is 4. The van der Waals surface area contributed by atoms with Gasteiger partial charge in [-0.2, -0.15) is 11.8 Å². The van der Waals surface area contributed by atoms with E-state index >= 15 is 0 Å². The summed E-state index contributed by atoms with van der Waals surface area (Å²) in [4.78, 5) is 4.47. The zero-order valence-corrected chi connectivity index (χ0v) is 14.1. The molecule has 0 saturated heterocycles. The molecule has 2 atom stereocenters. The van der Waals surface area contributed by atoms with Crippen molar-refractivity contribution in [2.45, 2.75) is 43.4 Å². The van der Waals surface area contributed by atoms with Gasteiger partial charge in [0.05, 0.1) is 21.9 Å². The predicted octanol–water partition coefficient (Wildman–Crippen LogP) is 5.41. The first-order chi connectivity index (χ1) is 10.1. The minimum Gasteiger partial charge on any atom is -0.324 e. The molecule has 1 saturated carbocycles. The molecule has 1 aromatic carbocycles. The molecule has 2 aromatic rings. The van der Waals surface area contributed by atoms with Crippen LogP contribution in [0.25, 0.3) is 11.0 Å². The van der Waals surface area contributed by atoms with E-state index in [0.29, 0.717) is 22.7 Å². The highest BCUT2D eigenvalue weighted by molar-refractivity contribution is 7.99. The Bertz CT molecular complexity index is 659. The number of hydrogen-bond donors (Lipinski definition) is 0. The average Bonchev–Trinajstić information content (AvgIpc) is 3.04. The van der Waals surface area contributed by atoms with Crippen LogP contribution >= 0.6 is 35.0 Å². The fraction of sp³-hybridized carbons (Fsp3) is 0.533. The number of hydrogen-bond acceptors (Lipinski definition) is 2. The summed E-state index contributed by atoms with van der Waals surface area (Å²) in [6.45, 7) is 2.19. The molecule has 2 nitrogen and oxygen atoms in total. The van der Waals surface area contributed by atoms with Crippen LogP contribution in [0.1, 0.15) is 38.1 Å². The lowest BCUT2D eigenvalue weighted by Gasteiger charge is -2.16. The van der Waals surface area contributed by atoms with Crippen molar-refractivity contribution in [1.29, 1.82) is 0 Å². The van der Waals surface area contributed by atoms with E-state index in [0.717, 1.165) is 29.9 Å². The highest BCUT2D eigenvalue weighted by atomic mass is 35.5. The lowest BCUT2D eigenvalue weighted by Crippen LogP contribution is -2.09. The van der Waals surface area contributed by atoms with Crippen molar-refractivity contribution < 1.29 is 4.39 Å². The minimum absolute atomic E-state index is 0.141. The second-order valence-corrected chi connectivity index (χ2v) is 7.58. The molecule has 0 bridgehead atoms. The molecule has 3 rings (SSSR count). The van der Waals surface area contributed by atoms with E-state index in [4.69, 9.17) is 23.2 Å². The smallest absolute Gasteiger partial charge is 0.144 e. The minimum atomic E-state index is -0.430. The number of thioether (sulfide) groups is 1. The lowest BCUT2D eigenvalue weighted by atomic mass is 10.2. The molecule has 6 heteroatoms. The summed E-state index contributed by atoms with van der Waals surface area (Å²) in [6.07, 6.45) is 3.43. The topological polar surface area (TPSA) is 17.8 Å². The summed E-state index contributed by atoms with van der Waals surface area (Å²) in [7, 11) is 0. The van der Waals surface area contributed by atoms with Crippen molar-refractivity contribution in [2.75, 3.05) is 5.75 Å². The van der Waals surface area contributed by atoms with Gasteiger partial charge in [0.25, 0.3) is 0 Å². The second kappa shape index (κ2) is 6.35. The van der Waals surface area contributed by atoms with E-state index in [1.807, 2.05) is 11.8 Å². The number of benzene rings is 1. The van der Waals surface area contributed by atoms with Crippen molar-refractivity contribution >= 4 is 46.0 Å². The van der Waals surface area contributed by atoms with Crippen LogP contribution in [0, 0.1) is 5.82 Å². The molecule has 1 heterocycles. The molecule has 0 spiro atoms. The van der Waals surface area contributed by atoms with Gasteiger partial charge < -0.3 is 4.57 Å². The molecular weight excluding hydrogens is 330 g/mol. The van der Waals surface area contributed by atoms with Gasteiger partial charge in [0, 0.05) is 17.4 Å². The Hall–Kier alpha value is -0.450. The molecule has 21 heavy (non-hydrogen) atoms. The zero-order chi connectivity index (χ0) is 15.0. The van der Waals surface area contributed by atoms with E-state index < -0.39 is 5.82 Å². The number of halogens is 3. The summed E-state index contributed by atoms with van der Waals surface area (Å²) in [5.41, 5.74) is 1.53. The predicted molar refractivity (Wildman–Crippen MR) is 89.1 cm³/mol. The molecule has 2 unspecified atom stereocenters. The van der Waals surface area contributed by atoms with Gasteiger partial charge in [0.2, 0.25) is 0 Å². The number of aromatic nitrogens is 2. The number of alkyl halides is 1. The zero-order valence-electron chi connectivity index (χ0n) is 11.8. The van der Waals surface area contributed by atoms with Crippen LogP contribution in [-0.4, -0.2) is 20.6 Å². The fourth-order valence-corrected chi connectivity index (χ4v) is 4.66. The Balaban J connectivity index is 2.02. The van der Waals surface area contributed by atoms with Gasteiger partial charge in [-0.25, -0.2) is 9.37 Å². The largest absolute Gasteiger partial charge is 0.324 e. The van der Waals surface area contributed by atoms with Gasteiger partial charge in [0.15, 0.2) is 0 Å². The van der Waals surface area contributed by atoms with E-state index in [-0.39, 0.29) is 5.02 Å². The quantitative estimate of drug-likeness (QED) is 0.688. The summed E-state index contributed by atoms with van der Waals surface area (Å²) < 4.78 is 15.8. The highest BCUT2D eigenvalue weighted by Gasteiger charge is 2.29. The summed E-state index contributed by atoms with van der Waals surface area (Å²) in [6, 6.07) is 3.46. The molecule has 0 aliphatic heterocycles. The van der Waals surface area contributed by atoms with Gasteiger partial charge in [-0.05, 0) is 31.1 Å². The number of fused-ring (bicyclic) bond motifs is 1. The Labute approximate surface area is 138 Å². The molecule has 0 N–H and O–H groups in total. The first-order valence-electron chi connectivity index (χ1n) is 7.17. The van der Waals surface area contributed by atoms with Crippen molar-refractivity contribution in [3.8, 4) is 0 Å². The summed E-state index contributed by atoms with van der Waals surface area (Å²) in [5.74, 6) is 1.85. The third kappa shape index (κ3) is 2.90. The first kappa shape index (κ1) is 15.4. The summed E-state index contributed by atoms with van der Waals surface area (Å²) >= 11 is 14.0. The first-order valence-corrected chi connectivity index (χ1v) is 9.13. The van der Waals surface area contributed by atoms with E-state index in [9.17, 15) is 4.39 Å². The van der Waals surface area contributed by atoms with Crippen LogP contribution in [0.2, 0.25) is 5.02 Å². The molecule has 0 radical (unpaired) electrons. The van der Waals surface area contributed by atoms with Gasteiger partial charge in [-0.3, -0.25) is 0 Å². The maximum atomic E-state index is 13.6. The van der Waals surface area contributed by atoms with Gasteiger partial charge in [-0.1, -0.05) is 18.5 Å². The van der Waals surface area contributed by atoms with Crippen LogP contribution in [0.5, 0.6) is 0 Å². The SMILES string of the molecule is CCSC1CCC(n2c(CCl)nc3cc(F)c(Cl)cc32)C1. The monoisotopic (exact) mass is 346 g/mol. The van der Waals surface area contributed by atoms with Crippen molar-refractivity contribution in [2.24, 2.45) is 0 Å². The van der Waals surface area contributed by atoms with E-state index in [1.165, 1.54) is 12.5 Å². The normalized spacial score (nSPS) is 22.3. The van der Waals surface area contributed by atoms with Crippen LogP contribution < -0.4 is 0 Å². The lowest BCUT2D eigenvalue weighted by molar-refractivity contribution is 0.519. The van der Waals surface area contributed by atoms with Crippen LogP contribution in [-0.2, 0) is 5.88 Å². The maximum absolute atomic E-state index is 13.6. The van der Waals surface area contributed by atoms with Gasteiger partial charge in [0.1, 0.15) is 11.6 Å². The van der Waals surface area contributed by atoms with Crippen LogP contribution in [0.4, 0.5) is 4.39 Å². The number of imidazole rings is 1. The molecule has 1 aromatic heterocycles. The third-order valence-electron chi connectivity index (χ3n) is 4.05. The van der Waals surface area contributed by atoms with Gasteiger partial charge in [-0.15, -0.1) is 11.6 Å². The third-order valence-corrected chi connectivity index (χ3v) is 5.81. The fourth-order valence-electron chi connectivity index (χ4n) is 3.18. The van der Waals surface area contributed by atoms with Crippen molar-refractivity contribution in [3.63, 3.8) is 0 Å². The van der Waals surface area contributed by atoms with Crippen LogP contribution in [0.15, 0.2) is 12.1 Å². The maximum Gasteiger partial charge on any atom is 0.144 e. The molecule has 0 amide bonds.